The Morgan fingerprint density at radius 2 is 2.17 bits per heavy atom. The van der Waals surface area contributed by atoms with Gasteiger partial charge in [-0.25, -0.2) is 0 Å². The standard InChI is InChI=1S/C10H14O2/c1-10(2)6-3-4-7(9(10)12)8(11)5-6/h3-4,6-8,11H,5H2,1-2H3/t6-,7+,8-/m1/s1. The summed E-state index contributed by atoms with van der Waals surface area (Å²) in [5, 5.41) is 9.53. The highest BCUT2D eigenvalue weighted by Crippen LogP contribution is 2.45. The number of allylic oxidation sites excluding steroid dienone is 1. The van der Waals surface area contributed by atoms with Crippen LogP contribution >= 0.6 is 0 Å². The fraction of sp³-hybridized carbons (Fsp3) is 0.700. The maximum absolute atomic E-state index is 11.7. The molecule has 3 aliphatic carbocycles. The van der Waals surface area contributed by atoms with E-state index in [2.05, 4.69) is 6.08 Å². The van der Waals surface area contributed by atoms with Crippen LogP contribution in [0.15, 0.2) is 12.2 Å². The van der Waals surface area contributed by atoms with Crippen LogP contribution in [0.5, 0.6) is 0 Å². The molecule has 1 saturated carbocycles. The fourth-order valence-electron chi connectivity index (χ4n) is 2.28. The average molecular weight is 166 g/mol. The number of rotatable bonds is 0. The lowest BCUT2D eigenvalue weighted by atomic mass is 9.59. The molecule has 0 radical (unpaired) electrons. The molecule has 0 spiro atoms. The lowest BCUT2D eigenvalue weighted by Gasteiger charge is -2.45. The summed E-state index contributed by atoms with van der Waals surface area (Å²) in [7, 11) is 0. The van der Waals surface area contributed by atoms with E-state index in [9.17, 15) is 9.90 Å². The normalized spacial score (nSPS) is 43.6. The molecule has 0 saturated heterocycles. The molecule has 2 heteroatoms. The first-order chi connectivity index (χ1) is 5.53. The van der Waals surface area contributed by atoms with E-state index in [1.807, 2.05) is 19.9 Å². The zero-order valence-corrected chi connectivity index (χ0v) is 7.45. The summed E-state index contributed by atoms with van der Waals surface area (Å²) >= 11 is 0. The Morgan fingerprint density at radius 1 is 1.50 bits per heavy atom. The second-order valence-electron chi connectivity index (χ2n) is 4.41. The molecule has 0 aromatic heterocycles. The van der Waals surface area contributed by atoms with E-state index in [1.165, 1.54) is 0 Å². The molecule has 0 unspecified atom stereocenters. The minimum Gasteiger partial charge on any atom is -0.392 e. The van der Waals surface area contributed by atoms with Crippen LogP contribution in [0.25, 0.3) is 0 Å². The summed E-state index contributed by atoms with van der Waals surface area (Å²) in [6.45, 7) is 3.95. The molecule has 0 aromatic rings. The van der Waals surface area contributed by atoms with Gasteiger partial charge in [0.05, 0.1) is 12.0 Å². The quantitative estimate of drug-likeness (QED) is 0.548. The first-order valence-electron chi connectivity index (χ1n) is 4.44. The van der Waals surface area contributed by atoms with Gasteiger partial charge in [-0.3, -0.25) is 4.79 Å². The van der Waals surface area contributed by atoms with Gasteiger partial charge < -0.3 is 5.11 Å². The molecule has 66 valence electrons. The van der Waals surface area contributed by atoms with Crippen LogP contribution in [0.1, 0.15) is 20.3 Å². The van der Waals surface area contributed by atoms with Gasteiger partial charge in [0.2, 0.25) is 0 Å². The summed E-state index contributed by atoms with van der Waals surface area (Å²) in [5.41, 5.74) is -0.251. The van der Waals surface area contributed by atoms with E-state index in [-0.39, 0.29) is 23.0 Å². The van der Waals surface area contributed by atoms with Crippen molar-refractivity contribution in [3.63, 3.8) is 0 Å². The number of carbonyl (C=O) groups excluding carboxylic acids is 1. The monoisotopic (exact) mass is 166 g/mol. The van der Waals surface area contributed by atoms with Gasteiger partial charge in [-0.2, -0.15) is 0 Å². The molecule has 12 heavy (non-hydrogen) atoms. The summed E-state index contributed by atoms with van der Waals surface area (Å²) in [6.07, 6.45) is 4.27. The smallest absolute Gasteiger partial charge is 0.148 e. The number of Topliss-reactive ketones (excluding diaryl/α,β-unsaturated/α-hetero) is 1. The second-order valence-corrected chi connectivity index (χ2v) is 4.41. The van der Waals surface area contributed by atoms with Crippen LogP contribution < -0.4 is 0 Å². The number of hydrogen-bond acceptors (Lipinski definition) is 2. The summed E-state index contributed by atoms with van der Waals surface area (Å²) in [6, 6.07) is 0. The highest BCUT2D eigenvalue weighted by atomic mass is 16.3. The molecular formula is C10H14O2. The minimum atomic E-state index is -0.430. The van der Waals surface area contributed by atoms with Crippen molar-refractivity contribution in [2.45, 2.75) is 26.4 Å². The van der Waals surface area contributed by atoms with E-state index in [0.717, 1.165) is 6.42 Å². The highest BCUT2D eigenvalue weighted by Gasteiger charge is 2.49. The number of aliphatic hydroxyl groups excluding tert-OH is 1. The molecule has 1 N–H and O–H groups in total. The van der Waals surface area contributed by atoms with Gasteiger partial charge in [0.15, 0.2) is 0 Å². The van der Waals surface area contributed by atoms with E-state index >= 15 is 0 Å². The molecule has 2 bridgehead atoms. The molecule has 0 aliphatic heterocycles. The number of aliphatic hydroxyl groups is 1. The summed E-state index contributed by atoms with van der Waals surface area (Å²) in [5.74, 6) is 0.212. The number of hydrogen-bond donors (Lipinski definition) is 1. The van der Waals surface area contributed by atoms with Gasteiger partial charge >= 0.3 is 0 Å². The Labute approximate surface area is 72.3 Å². The second kappa shape index (κ2) is 2.19. The molecule has 3 atom stereocenters. The van der Waals surface area contributed by atoms with Crippen LogP contribution in [0, 0.1) is 17.3 Å². The summed E-state index contributed by atoms with van der Waals surface area (Å²) < 4.78 is 0. The van der Waals surface area contributed by atoms with E-state index in [0.29, 0.717) is 0 Å². The third kappa shape index (κ3) is 0.816. The molecule has 2 nitrogen and oxygen atoms in total. The van der Waals surface area contributed by atoms with Crippen LogP contribution in [-0.4, -0.2) is 17.0 Å². The molecule has 3 rings (SSSR count). The van der Waals surface area contributed by atoms with E-state index < -0.39 is 6.10 Å². The zero-order chi connectivity index (χ0) is 8.93. The lowest BCUT2D eigenvalue weighted by molar-refractivity contribution is -0.142. The van der Waals surface area contributed by atoms with Crippen molar-refractivity contribution in [2.24, 2.45) is 17.3 Å². The third-order valence-electron chi connectivity index (χ3n) is 3.33. The number of carbonyl (C=O) groups is 1. The van der Waals surface area contributed by atoms with E-state index in [4.69, 9.17) is 0 Å². The van der Waals surface area contributed by atoms with Crippen LogP contribution in [0.3, 0.4) is 0 Å². The minimum absolute atomic E-state index is 0.203. The maximum atomic E-state index is 11.7. The first kappa shape index (κ1) is 7.99. The first-order valence-corrected chi connectivity index (χ1v) is 4.44. The van der Waals surface area contributed by atoms with Crippen molar-refractivity contribution in [2.75, 3.05) is 0 Å². The Kier molecular flexibility index (Phi) is 1.46. The van der Waals surface area contributed by atoms with Crippen LogP contribution in [-0.2, 0) is 4.79 Å². The largest absolute Gasteiger partial charge is 0.392 e. The molecule has 0 aromatic carbocycles. The molecular weight excluding hydrogens is 152 g/mol. The Bertz CT molecular complexity index is 253. The Hall–Kier alpha value is -0.630. The van der Waals surface area contributed by atoms with Crippen molar-refractivity contribution in [1.82, 2.24) is 0 Å². The zero-order valence-electron chi connectivity index (χ0n) is 7.45. The maximum Gasteiger partial charge on any atom is 0.148 e. The van der Waals surface area contributed by atoms with Crippen molar-refractivity contribution in [3.05, 3.63) is 12.2 Å². The van der Waals surface area contributed by atoms with Crippen molar-refractivity contribution in [1.29, 1.82) is 0 Å². The Balaban J connectivity index is 2.42. The van der Waals surface area contributed by atoms with Gasteiger partial charge in [0.1, 0.15) is 5.78 Å². The molecule has 0 amide bonds. The topological polar surface area (TPSA) is 37.3 Å². The van der Waals surface area contributed by atoms with Gasteiger partial charge in [-0.1, -0.05) is 26.0 Å². The fourth-order valence-corrected chi connectivity index (χ4v) is 2.28. The van der Waals surface area contributed by atoms with Crippen LogP contribution in [0.2, 0.25) is 0 Å². The third-order valence-corrected chi connectivity index (χ3v) is 3.33. The predicted molar refractivity (Wildman–Crippen MR) is 45.5 cm³/mol. The molecule has 0 heterocycles. The van der Waals surface area contributed by atoms with Crippen molar-refractivity contribution in [3.8, 4) is 0 Å². The predicted octanol–water partition coefficient (Wildman–Crippen LogP) is 1.15. The average Bonchev–Trinajstić information content (AvgIpc) is 2.00. The molecule has 3 aliphatic rings. The lowest BCUT2D eigenvalue weighted by Crippen LogP contribution is -2.50. The highest BCUT2D eigenvalue weighted by molar-refractivity contribution is 5.91. The molecule has 1 fully saturated rings. The van der Waals surface area contributed by atoms with Crippen molar-refractivity contribution >= 4 is 5.78 Å². The Morgan fingerprint density at radius 3 is 2.58 bits per heavy atom. The number of fused-ring (bicyclic) bond motifs is 2. The van der Waals surface area contributed by atoms with Gasteiger partial charge in [-0.15, -0.1) is 0 Å². The van der Waals surface area contributed by atoms with Crippen molar-refractivity contribution < 1.29 is 9.90 Å². The van der Waals surface area contributed by atoms with Crippen LogP contribution in [0.4, 0.5) is 0 Å². The van der Waals surface area contributed by atoms with Gasteiger partial charge in [0, 0.05) is 5.41 Å². The van der Waals surface area contributed by atoms with Gasteiger partial charge in [0.25, 0.3) is 0 Å². The summed E-state index contributed by atoms with van der Waals surface area (Å²) in [4.78, 5) is 11.7. The van der Waals surface area contributed by atoms with Gasteiger partial charge in [-0.05, 0) is 12.3 Å². The number of ketones is 1. The van der Waals surface area contributed by atoms with E-state index in [1.54, 1.807) is 0 Å². The SMILES string of the molecule is CC1(C)C(=O)[C@H]2C=C[C@@H]1C[C@H]2O.